The van der Waals surface area contributed by atoms with E-state index in [2.05, 4.69) is 75.3 Å². The highest BCUT2D eigenvalue weighted by Crippen LogP contribution is 2.16. The molecular formula is C22H35N7. The molecular weight excluding hydrogens is 362 g/mol. The molecule has 0 saturated carbocycles. The first-order chi connectivity index (χ1) is 14.2. The van der Waals surface area contributed by atoms with Crippen molar-refractivity contribution in [1.29, 1.82) is 0 Å². The lowest BCUT2D eigenvalue weighted by Crippen LogP contribution is -2.48. The van der Waals surface area contributed by atoms with E-state index < -0.39 is 0 Å². The van der Waals surface area contributed by atoms with Crippen LogP contribution < -0.4 is 10.6 Å². The molecule has 1 fully saturated rings. The second-order valence-electron chi connectivity index (χ2n) is 7.68. The summed E-state index contributed by atoms with van der Waals surface area (Å²) in [6.45, 7) is 12.1. The van der Waals surface area contributed by atoms with Gasteiger partial charge in [-0.1, -0.05) is 31.2 Å². The van der Waals surface area contributed by atoms with E-state index in [1.54, 1.807) is 6.33 Å². The Labute approximate surface area is 174 Å². The normalized spacial score (nSPS) is 16.2. The molecule has 0 unspecified atom stereocenters. The Hall–Kier alpha value is -2.41. The maximum Gasteiger partial charge on any atom is 0.191 e. The molecule has 0 atom stereocenters. The summed E-state index contributed by atoms with van der Waals surface area (Å²) in [6.07, 6.45) is 4.96. The van der Waals surface area contributed by atoms with Crippen LogP contribution in [0.3, 0.4) is 0 Å². The Kier molecular flexibility index (Phi) is 8.04. The second-order valence-corrected chi connectivity index (χ2v) is 7.68. The van der Waals surface area contributed by atoms with Gasteiger partial charge in [0, 0.05) is 45.2 Å². The number of aryl methyl sites for hydroxylation is 2. The molecule has 2 N–H and O–H groups in total. The number of nitrogens with zero attached hydrogens (tertiary/aromatic N) is 5. The first-order valence-corrected chi connectivity index (χ1v) is 10.9. The van der Waals surface area contributed by atoms with Gasteiger partial charge in [-0.05, 0) is 37.8 Å². The molecule has 1 aromatic heterocycles. The minimum Gasteiger partial charge on any atom is -0.357 e. The summed E-state index contributed by atoms with van der Waals surface area (Å²) in [6, 6.07) is 9.17. The second kappa shape index (κ2) is 11.0. The molecule has 1 aliphatic rings. The van der Waals surface area contributed by atoms with Gasteiger partial charge in [0.05, 0.1) is 6.54 Å². The Morgan fingerprint density at radius 3 is 2.72 bits per heavy atom. The molecule has 29 heavy (non-hydrogen) atoms. The van der Waals surface area contributed by atoms with Crippen LogP contribution in [-0.2, 0) is 19.5 Å². The molecule has 0 amide bonds. The van der Waals surface area contributed by atoms with Crippen LogP contribution in [0.5, 0.6) is 0 Å². The molecule has 0 bridgehead atoms. The van der Waals surface area contributed by atoms with Gasteiger partial charge in [0.1, 0.15) is 12.2 Å². The largest absolute Gasteiger partial charge is 0.357 e. The van der Waals surface area contributed by atoms with E-state index in [9.17, 15) is 0 Å². The van der Waals surface area contributed by atoms with E-state index in [1.807, 2.05) is 0 Å². The first kappa shape index (κ1) is 21.3. The SMILES string of the molecule is CCNC(=NCCn1cnnc1CC)NC1CCN(Cc2ccccc2C)CC1. The zero-order chi connectivity index (χ0) is 20.5. The van der Waals surface area contributed by atoms with Crippen molar-refractivity contribution in [3.8, 4) is 0 Å². The molecule has 7 heteroatoms. The number of aromatic nitrogens is 3. The number of nitrogens with one attached hydrogen (secondary N) is 2. The minimum absolute atomic E-state index is 0.474. The lowest BCUT2D eigenvalue weighted by molar-refractivity contribution is 0.198. The fourth-order valence-corrected chi connectivity index (χ4v) is 3.79. The Morgan fingerprint density at radius 2 is 2.00 bits per heavy atom. The predicted octanol–water partition coefficient (Wildman–Crippen LogP) is 2.37. The summed E-state index contributed by atoms with van der Waals surface area (Å²) in [7, 11) is 0. The van der Waals surface area contributed by atoms with Crippen LogP contribution in [0.2, 0.25) is 0 Å². The van der Waals surface area contributed by atoms with E-state index in [0.29, 0.717) is 12.6 Å². The molecule has 0 aliphatic carbocycles. The summed E-state index contributed by atoms with van der Waals surface area (Å²) in [4.78, 5) is 7.32. The zero-order valence-electron chi connectivity index (χ0n) is 18.1. The number of hydrogen-bond acceptors (Lipinski definition) is 4. The number of piperidine rings is 1. The fraction of sp³-hybridized carbons (Fsp3) is 0.591. The molecule has 158 valence electrons. The fourth-order valence-electron chi connectivity index (χ4n) is 3.79. The first-order valence-electron chi connectivity index (χ1n) is 10.9. The lowest BCUT2D eigenvalue weighted by Gasteiger charge is -2.33. The van der Waals surface area contributed by atoms with Gasteiger partial charge in [-0.3, -0.25) is 9.89 Å². The van der Waals surface area contributed by atoms with Crippen LogP contribution in [0.1, 0.15) is 43.6 Å². The Morgan fingerprint density at radius 1 is 1.21 bits per heavy atom. The molecule has 0 radical (unpaired) electrons. The van der Waals surface area contributed by atoms with Crippen LogP contribution in [0.25, 0.3) is 0 Å². The van der Waals surface area contributed by atoms with E-state index in [-0.39, 0.29) is 0 Å². The van der Waals surface area contributed by atoms with Crippen LogP contribution in [0.15, 0.2) is 35.6 Å². The van der Waals surface area contributed by atoms with Gasteiger partial charge < -0.3 is 15.2 Å². The smallest absolute Gasteiger partial charge is 0.191 e. The van der Waals surface area contributed by atoms with Crippen molar-refractivity contribution in [2.45, 2.75) is 59.2 Å². The van der Waals surface area contributed by atoms with Gasteiger partial charge in [-0.15, -0.1) is 10.2 Å². The molecule has 0 spiro atoms. The summed E-state index contributed by atoms with van der Waals surface area (Å²) < 4.78 is 2.08. The number of hydrogen-bond donors (Lipinski definition) is 2. The minimum atomic E-state index is 0.474. The van der Waals surface area contributed by atoms with Gasteiger partial charge >= 0.3 is 0 Å². The van der Waals surface area contributed by atoms with Crippen molar-refractivity contribution >= 4 is 5.96 Å². The molecule has 7 nitrogen and oxygen atoms in total. The highest BCUT2D eigenvalue weighted by Gasteiger charge is 2.20. The maximum atomic E-state index is 4.76. The van der Waals surface area contributed by atoms with Crippen molar-refractivity contribution in [3.05, 3.63) is 47.5 Å². The van der Waals surface area contributed by atoms with Crippen LogP contribution in [-0.4, -0.2) is 57.8 Å². The lowest BCUT2D eigenvalue weighted by atomic mass is 10.0. The number of aliphatic imine (C=N–C) groups is 1. The topological polar surface area (TPSA) is 70.4 Å². The molecule has 2 aromatic rings. The van der Waals surface area contributed by atoms with Gasteiger partial charge in [-0.25, -0.2) is 0 Å². The number of rotatable bonds is 8. The highest BCUT2D eigenvalue weighted by molar-refractivity contribution is 5.80. The molecule has 1 aliphatic heterocycles. The van der Waals surface area contributed by atoms with E-state index in [4.69, 9.17) is 4.99 Å². The summed E-state index contributed by atoms with van der Waals surface area (Å²) in [5, 5.41) is 15.1. The van der Waals surface area contributed by atoms with Crippen LogP contribution in [0, 0.1) is 6.92 Å². The molecule has 1 aromatic carbocycles. The van der Waals surface area contributed by atoms with Crippen LogP contribution >= 0.6 is 0 Å². The molecule has 1 saturated heterocycles. The van der Waals surface area contributed by atoms with Crippen LogP contribution in [0.4, 0.5) is 0 Å². The van der Waals surface area contributed by atoms with Crippen molar-refractivity contribution in [3.63, 3.8) is 0 Å². The predicted molar refractivity (Wildman–Crippen MR) is 118 cm³/mol. The third-order valence-electron chi connectivity index (χ3n) is 5.55. The van der Waals surface area contributed by atoms with E-state index in [0.717, 1.165) is 63.8 Å². The third kappa shape index (κ3) is 6.29. The van der Waals surface area contributed by atoms with E-state index >= 15 is 0 Å². The Balaban J connectivity index is 1.46. The quantitative estimate of drug-likeness (QED) is 0.529. The van der Waals surface area contributed by atoms with Crippen molar-refractivity contribution < 1.29 is 0 Å². The average Bonchev–Trinajstić information content (AvgIpc) is 3.19. The number of likely N-dealkylation sites (tertiary alicyclic amines) is 1. The van der Waals surface area contributed by atoms with E-state index in [1.165, 1.54) is 11.1 Å². The zero-order valence-corrected chi connectivity index (χ0v) is 18.1. The number of benzene rings is 1. The number of guanidine groups is 1. The van der Waals surface area contributed by atoms with Crippen molar-refractivity contribution in [1.82, 2.24) is 30.3 Å². The summed E-state index contributed by atoms with van der Waals surface area (Å²) in [5.41, 5.74) is 2.82. The van der Waals surface area contributed by atoms with Gasteiger partial charge in [0.15, 0.2) is 5.96 Å². The van der Waals surface area contributed by atoms with Crippen molar-refractivity contribution in [2.24, 2.45) is 4.99 Å². The Bertz CT molecular complexity index is 775. The van der Waals surface area contributed by atoms with Gasteiger partial charge in [0.2, 0.25) is 0 Å². The third-order valence-corrected chi connectivity index (χ3v) is 5.55. The van der Waals surface area contributed by atoms with Gasteiger partial charge in [0.25, 0.3) is 0 Å². The average molecular weight is 398 g/mol. The summed E-state index contributed by atoms with van der Waals surface area (Å²) in [5.74, 6) is 1.93. The van der Waals surface area contributed by atoms with Crippen molar-refractivity contribution in [2.75, 3.05) is 26.2 Å². The summed E-state index contributed by atoms with van der Waals surface area (Å²) >= 11 is 0. The highest BCUT2D eigenvalue weighted by atomic mass is 15.3. The maximum absolute atomic E-state index is 4.76. The monoisotopic (exact) mass is 397 g/mol. The molecule has 3 rings (SSSR count). The standard InChI is InChI=1S/C22H35N7/c1-4-21-27-25-17-29(21)15-12-24-22(23-5-2)26-20-10-13-28(14-11-20)16-19-9-7-6-8-18(19)3/h6-9,17,20H,4-5,10-16H2,1-3H3,(H2,23,24,26). The van der Waals surface area contributed by atoms with Gasteiger partial charge in [-0.2, -0.15) is 0 Å². The molecule has 2 heterocycles.